The Morgan fingerprint density at radius 2 is 2.08 bits per heavy atom. The molecule has 2 rings (SSSR count). The van der Waals surface area contributed by atoms with Crippen molar-refractivity contribution in [1.82, 2.24) is 5.32 Å². The van der Waals surface area contributed by atoms with E-state index >= 15 is 0 Å². The molecule has 1 amide bonds. The second-order valence-electron chi connectivity index (χ2n) is 6.97. The molecular weight excluding hydrogens is 352 g/mol. The number of benzene rings is 1. The molecule has 0 bridgehead atoms. The average Bonchev–Trinajstić information content (AvgIpc) is 3.05. The second kappa shape index (κ2) is 11.3. The third-order valence-corrected chi connectivity index (χ3v) is 4.90. The van der Waals surface area contributed by atoms with Crippen molar-refractivity contribution in [2.24, 2.45) is 11.7 Å². The molecule has 26 heavy (non-hydrogen) atoms. The van der Waals surface area contributed by atoms with Gasteiger partial charge in [0.15, 0.2) is 11.5 Å². The number of hydrogen-bond acceptors (Lipinski definition) is 4. The molecule has 0 aliphatic heterocycles. The van der Waals surface area contributed by atoms with Crippen LogP contribution in [0.1, 0.15) is 64.0 Å². The van der Waals surface area contributed by atoms with Gasteiger partial charge in [0.25, 0.3) is 0 Å². The zero-order valence-corrected chi connectivity index (χ0v) is 16.9. The van der Waals surface area contributed by atoms with Gasteiger partial charge in [0, 0.05) is 12.0 Å². The normalized spacial score (nSPS) is 20.2. The van der Waals surface area contributed by atoms with Gasteiger partial charge in [0.1, 0.15) is 0 Å². The van der Waals surface area contributed by atoms with Crippen molar-refractivity contribution in [1.29, 1.82) is 0 Å². The molecule has 3 atom stereocenters. The van der Waals surface area contributed by atoms with E-state index in [1.165, 1.54) is 6.42 Å². The summed E-state index contributed by atoms with van der Waals surface area (Å²) in [6.45, 7) is 4.85. The van der Waals surface area contributed by atoms with E-state index in [4.69, 9.17) is 15.2 Å². The number of nitrogens with one attached hydrogen (secondary N) is 1. The predicted octanol–water partition coefficient (Wildman–Crippen LogP) is 3.99. The summed E-state index contributed by atoms with van der Waals surface area (Å²) in [6, 6.07) is 5.94. The number of carbonyl (C=O) groups excluding carboxylic acids is 1. The van der Waals surface area contributed by atoms with Crippen LogP contribution in [-0.4, -0.2) is 25.7 Å². The summed E-state index contributed by atoms with van der Waals surface area (Å²) in [6.07, 6.45) is 5.97. The van der Waals surface area contributed by atoms with Crippen molar-refractivity contribution >= 4 is 18.3 Å². The number of carbonyl (C=O) groups is 1. The molecule has 1 aromatic rings. The Labute approximate surface area is 163 Å². The van der Waals surface area contributed by atoms with Crippen LogP contribution in [0.4, 0.5) is 0 Å². The standard InChI is InChI=1S/C20H32N2O3.ClH/c1-4-5-6-11-25-18-10-8-15(13-19(18)24-3)14(2)22-20(23)16-7-9-17(21)12-16;/h8,10,13-14,16-17H,4-7,9,11-12,21H2,1-3H3,(H,22,23);1H. The lowest BCUT2D eigenvalue weighted by Gasteiger charge is -2.19. The summed E-state index contributed by atoms with van der Waals surface area (Å²) in [5.41, 5.74) is 6.92. The molecule has 5 nitrogen and oxygen atoms in total. The van der Waals surface area contributed by atoms with Gasteiger partial charge >= 0.3 is 0 Å². The number of rotatable bonds is 9. The largest absolute Gasteiger partial charge is 0.493 e. The fourth-order valence-corrected chi connectivity index (χ4v) is 3.28. The molecule has 0 spiro atoms. The molecule has 3 N–H and O–H groups in total. The molecule has 0 saturated heterocycles. The van der Waals surface area contributed by atoms with Gasteiger partial charge < -0.3 is 20.5 Å². The van der Waals surface area contributed by atoms with Gasteiger partial charge in [-0.15, -0.1) is 12.4 Å². The van der Waals surface area contributed by atoms with Gasteiger partial charge in [-0.05, 0) is 50.3 Å². The maximum atomic E-state index is 12.4. The Hall–Kier alpha value is -1.46. The topological polar surface area (TPSA) is 73.6 Å². The van der Waals surface area contributed by atoms with Crippen LogP contribution in [0.25, 0.3) is 0 Å². The molecule has 1 aromatic carbocycles. The van der Waals surface area contributed by atoms with Crippen molar-refractivity contribution in [2.75, 3.05) is 13.7 Å². The summed E-state index contributed by atoms with van der Waals surface area (Å²) in [4.78, 5) is 12.4. The molecule has 0 heterocycles. The number of hydrogen-bond donors (Lipinski definition) is 2. The van der Waals surface area contributed by atoms with E-state index in [1.807, 2.05) is 25.1 Å². The third-order valence-electron chi connectivity index (χ3n) is 4.90. The monoisotopic (exact) mass is 384 g/mol. The van der Waals surface area contributed by atoms with Crippen LogP contribution in [-0.2, 0) is 4.79 Å². The first-order valence-electron chi connectivity index (χ1n) is 9.41. The SMILES string of the molecule is CCCCCOc1ccc(C(C)NC(=O)C2CCC(N)C2)cc1OC.Cl. The first kappa shape index (κ1) is 22.6. The number of halogens is 1. The van der Waals surface area contributed by atoms with E-state index in [-0.39, 0.29) is 36.3 Å². The predicted molar refractivity (Wildman–Crippen MR) is 107 cm³/mol. The van der Waals surface area contributed by atoms with E-state index < -0.39 is 0 Å². The minimum atomic E-state index is -0.0765. The second-order valence-corrected chi connectivity index (χ2v) is 6.97. The fraction of sp³-hybridized carbons (Fsp3) is 0.650. The Balaban J connectivity index is 0.00000338. The molecule has 1 saturated carbocycles. The van der Waals surface area contributed by atoms with Crippen molar-refractivity contribution in [3.63, 3.8) is 0 Å². The van der Waals surface area contributed by atoms with Gasteiger partial charge in [-0.1, -0.05) is 25.8 Å². The van der Waals surface area contributed by atoms with Crippen LogP contribution in [0.5, 0.6) is 11.5 Å². The van der Waals surface area contributed by atoms with Crippen LogP contribution >= 0.6 is 12.4 Å². The van der Waals surface area contributed by atoms with Crippen molar-refractivity contribution in [3.8, 4) is 11.5 Å². The lowest BCUT2D eigenvalue weighted by molar-refractivity contribution is -0.125. The van der Waals surface area contributed by atoms with Gasteiger partial charge in [0.2, 0.25) is 5.91 Å². The van der Waals surface area contributed by atoms with Crippen molar-refractivity contribution < 1.29 is 14.3 Å². The van der Waals surface area contributed by atoms with E-state index in [9.17, 15) is 4.79 Å². The van der Waals surface area contributed by atoms with Crippen LogP contribution in [0.2, 0.25) is 0 Å². The third kappa shape index (κ3) is 6.36. The van der Waals surface area contributed by atoms with E-state index in [2.05, 4.69) is 12.2 Å². The van der Waals surface area contributed by atoms with Gasteiger partial charge in [-0.2, -0.15) is 0 Å². The van der Waals surface area contributed by atoms with Gasteiger partial charge in [-0.3, -0.25) is 4.79 Å². The van der Waals surface area contributed by atoms with Crippen molar-refractivity contribution in [3.05, 3.63) is 23.8 Å². The van der Waals surface area contributed by atoms with Crippen LogP contribution in [0, 0.1) is 5.92 Å². The van der Waals surface area contributed by atoms with Crippen molar-refractivity contribution in [2.45, 2.75) is 64.5 Å². The highest BCUT2D eigenvalue weighted by Gasteiger charge is 2.28. The van der Waals surface area contributed by atoms with Crippen LogP contribution in [0.15, 0.2) is 18.2 Å². The summed E-state index contributed by atoms with van der Waals surface area (Å²) in [5, 5.41) is 3.10. The highest BCUT2D eigenvalue weighted by Crippen LogP contribution is 2.31. The minimum Gasteiger partial charge on any atom is -0.493 e. The van der Waals surface area contributed by atoms with E-state index in [0.717, 1.165) is 43.4 Å². The molecule has 3 unspecified atom stereocenters. The zero-order valence-electron chi connectivity index (χ0n) is 16.1. The summed E-state index contributed by atoms with van der Waals surface area (Å²) in [5.74, 6) is 1.60. The first-order chi connectivity index (χ1) is 12.0. The summed E-state index contributed by atoms with van der Waals surface area (Å²) in [7, 11) is 1.64. The fourth-order valence-electron chi connectivity index (χ4n) is 3.28. The highest BCUT2D eigenvalue weighted by molar-refractivity contribution is 5.85. The maximum absolute atomic E-state index is 12.4. The number of amides is 1. The van der Waals surface area contributed by atoms with E-state index in [1.54, 1.807) is 7.11 Å². The maximum Gasteiger partial charge on any atom is 0.223 e. The minimum absolute atomic E-state index is 0. The lowest BCUT2D eigenvalue weighted by Crippen LogP contribution is -2.32. The Bertz CT molecular complexity index is 568. The first-order valence-corrected chi connectivity index (χ1v) is 9.41. The number of methoxy groups -OCH3 is 1. The van der Waals surface area contributed by atoms with Crippen LogP contribution < -0.4 is 20.5 Å². The van der Waals surface area contributed by atoms with Gasteiger partial charge in [0.05, 0.1) is 19.8 Å². The molecule has 6 heteroatoms. The number of nitrogens with two attached hydrogens (primary N) is 1. The molecule has 1 aliphatic carbocycles. The summed E-state index contributed by atoms with van der Waals surface area (Å²) < 4.78 is 11.3. The Morgan fingerprint density at radius 3 is 2.69 bits per heavy atom. The lowest BCUT2D eigenvalue weighted by atomic mass is 10.0. The number of ether oxygens (including phenoxy) is 2. The van der Waals surface area contributed by atoms with Crippen LogP contribution in [0.3, 0.4) is 0 Å². The quantitative estimate of drug-likeness (QED) is 0.631. The molecular formula is C20H33ClN2O3. The Morgan fingerprint density at radius 1 is 1.31 bits per heavy atom. The smallest absolute Gasteiger partial charge is 0.223 e. The molecule has 1 fully saturated rings. The summed E-state index contributed by atoms with van der Waals surface area (Å²) >= 11 is 0. The zero-order chi connectivity index (χ0) is 18.2. The molecule has 148 valence electrons. The number of unbranched alkanes of at least 4 members (excludes halogenated alkanes) is 2. The molecule has 1 aliphatic rings. The Kier molecular flexibility index (Phi) is 9.81. The molecule has 0 aromatic heterocycles. The molecule has 0 radical (unpaired) electrons. The van der Waals surface area contributed by atoms with E-state index in [0.29, 0.717) is 12.4 Å². The highest BCUT2D eigenvalue weighted by atomic mass is 35.5. The average molecular weight is 385 g/mol. The van der Waals surface area contributed by atoms with Gasteiger partial charge in [-0.25, -0.2) is 0 Å².